The maximum atomic E-state index is 6.46. The van der Waals surface area contributed by atoms with Crippen LogP contribution >= 0.6 is 15.9 Å². The number of nitrogens with zero attached hydrogens (tertiary/aromatic N) is 4. The average molecular weight is 519 g/mol. The normalized spacial score (nSPS) is 18.9. The molecule has 0 saturated carbocycles. The molecule has 0 N–H and O–H groups in total. The van der Waals surface area contributed by atoms with Crippen molar-refractivity contribution in [1.82, 2.24) is 14.9 Å². The van der Waals surface area contributed by atoms with Gasteiger partial charge < -0.3 is 14.4 Å². The summed E-state index contributed by atoms with van der Waals surface area (Å²) in [5.74, 6) is 2.69. The van der Waals surface area contributed by atoms with Crippen LogP contribution in [0, 0.1) is 6.92 Å². The number of halogens is 1. The third-order valence-electron chi connectivity index (χ3n) is 6.65. The molecule has 0 bridgehead atoms. The lowest BCUT2D eigenvalue weighted by Crippen LogP contribution is -2.42. The summed E-state index contributed by atoms with van der Waals surface area (Å²) in [5, 5.41) is 2.17. The lowest BCUT2D eigenvalue weighted by molar-refractivity contribution is 0.0622. The quantitative estimate of drug-likeness (QED) is 0.371. The van der Waals surface area contributed by atoms with Gasteiger partial charge in [-0.05, 0) is 67.9 Å². The second-order valence-corrected chi connectivity index (χ2v) is 10.0. The Morgan fingerprint density at radius 3 is 2.79 bits per heavy atom. The Bertz CT molecular complexity index is 1360. The fourth-order valence-electron chi connectivity index (χ4n) is 4.90. The first-order chi connectivity index (χ1) is 16.6. The van der Waals surface area contributed by atoms with Crippen LogP contribution in [0.4, 0.5) is 5.82 Å². The topological polar surface area (TPSA) is 50.7 Å². The highest BCUT2D eigenvalue weighted by atomic mass is 79.9. The van der Waals surface area contributed by atoms with Crippen molar-refractivity contribution in [2.75, 3.05) is 44.2 Å². The highest BCUT2D eigenvalue weighted by Gasteiger charge is 2.26. The van der Waals surface area contributed by atoms with Gasteiger partial charge in [-0.2, -0.15) is 0 Å². The van der Waals surface area contributed by atoms with E-state index in [9.17, 15) is 0 Å². The van der Waals surface area contributed by atoms with Crippen molar-refractivity contribution in [3.05, 3.63) is 64.8 Å². The first-order valence-corrected chi connectivity index (χ1v) is 12.7. The van der Waals surface area contributed by atoms with Crippen molar-refractivity contribution in [3.8, 4) is 11.5 Å². The fourth-order valence-corrected chi connectivity index (χ4v) is 5.28. The van der Waals surface area contributed by atoms with Gasteiger partial charge in [0.1, 0.15) is 18.5 Å². The molecule has 1 atom stereocenters. The van der Waals surface area contributed by atoms with E-state index in [1.54, 1.807) is 0 Å². The van der Waals surface area contributed by atoms with E-state index in [0.29, 0.717) is 6.61 Å². The molecule has 7 heteroatoms. The summed E-state index contributed by atoms with van der Waals surface area (Å²) in [6.45, 7) is 7.40. The maximum Gasteiger partial charge on any atom is 0.171 e. The van der Waals surface area contributed by atoms with Crippen molar-refractivity contribution < 1.29 is 9.47 Å². The van der Waals surface area contributed by atoms with Crippen LogP contribution in [0.5, 0.6) is 11.5 Å². The summed E-state index contributed by atoms with van der Waals surface area (Å²) in [6.07, 6.45) is 1.10. The van der Waals surface area contributed by atoms with Crippen LogP contribution in [0.15, 0.2) is 59.1 Å². The van der Waals surface area contributed by atoms with Gasteiger partial charge in [0.05, 0.1) is 11.0 Å². The lowest BCUT2D eigenvalue weighted by atomic mass is 10.1. The molecule has 174 valence electrons. The van der Waals surface area contributed by atoms with Crippen molar-refractivity contribution in [3.63, 3.8) is 0 Å². The molecule has 34 heavy (non-hydrogen) atoms. The third kappa shape index (κ3) is 4.30. The molecule has 4 aromatic rings. The molecule has 1 saturated heterocycles. The lowest BCUT2D eigenvalue weighted by Gasteiger charge is -2.31. The van der Waals surface area contributed by atoms with Crippen molar-refractivity contribution >= 4 is 43.6 Å². The van der Waals surface area contributed by atoms with E-state index in [1.165, 1.54) is 0 Å². The van der Waals surface area contributed by atoms with Crippen LogP contribution in [-0.4, -0.2) is 60.3 Å². The molecule has 2 aromatic heterocycles. The number of hydrogen-bond donors (Lipinski definition) is 0. The van der Waals surface area contributed by atoms with E-state index in [-0.39, 0.29) is 6.10 Å². The average Bonchev–Trinajstić information content (AvgIpc) is 3.09. The summed E-state index contributed by atoms with van der Waals surface area (Å²) in [5.41, 5.74) is 2.98. The number of aromatic nitrogens is 2. The van der Waals surface area contributed by atoms with E-state index in [1.807, 2.05) is 31.2 Å². The number of rotatable bonds is 3. The predicted molar refractivity (Wildman–Crippen MR) is 139 cm³/mol. The Hall–Kier alpha value is -2.90. The Kier molecular flexibility index (Phi) is 5.75. The minimum atomic E-state index is 0.00296. The molecule has 0 radical (unpaired) electrons. The summed E-state index contributed by atoms with van der Waals surface area (Å²) < 4.78 is 13.6. The molecule has 2 aliphatic heterocycles. The maximum absolute atomic E-state index is 6.46. The molecule has 1 fully saturated rings. The Morgan fingerprint density at radius 2 is 1.85 bits per heavy atom. The number of aryl methyl sites for hydroxylation is 1. The highest BCUT2D eigenvalue weighted by Crippen LogP contribution is 2.38. The SMILES string of the molecule is Cc1ccc2c3c(ccc2n1)OC[C@H](CN1CCCN(c2ccc4cc(Br)ccc4n2)CC1)O3. The zero-order valence-corrected chi connectivity index (χ0v) is 20.8. The summed E-state index contributed by atoms with van der Waals surface area (Å²) in [7, 11) is 0. The zero-order chi connectivity index (χ0) is 23.1. The zero-order valence-electron chi connectivity index (χ0n) is 19.2. The molecule has 6 nitrogen and oxygen atoms in total. The predicted octanol–water partition coefficient (Wildman–Crippen LogP) is 5.21. The van der Waals surface area contributed by atoms with E-state index >= 15 is 0 Å². The summed E-state index contributed by atoms with van der Waals surface area (Å²) in [6, 6.07) is 18.6. The van der Waals surface area contributed by atoms with Crippen LogP contribution in [0.1, 0.15) is 12.1 Å². The fraction of sp³-hybridized carbons (Fsp3) is 0.333. The van der Waals surface area contributed by atoms with Gasteiger partial charge in [-0.15, -0.1) is 0 Å². The summed E-state index contributed by atoms with van der Waals surface area (Å²) in [4.78, 5) is 14.4. The first-order valence-electron chi connectivity index (χ1n) is 11.9. The van der Waals surface area contributed by atoms with E-state index in [4.69, 9.17) is 14.5 Å². The van der Waals surface area contributed by atoms with Gasteiger partial charge in [-0.25, -0.2) is 4.98 Å². The van der Waals surface area contributed by atoms with E-state index in [0.717, 1.165) is 88.4 Å². The van der Waals surface area contributed by atoms with Gasteiger partial charge in [0, 0.05) is 53.7 Å². The van der Waals surface area contributed by atoms with Crippen LogP contribution in [-0.2, 0) is 0 Å². The van der Waals surface area contributed by atoms with E-state index in [2.05, 4.69) is 61.0 Å². The Labute approximate surface area is 207 Å². The third-order valence-corrected chi connectivity index (χ3v) is 7.14. The van der Waals surface area contributed by atoms with Gasteiger partial charge in [0.25, 0.3) is 0 Å². The molecule has 6 rings (SSSR count). The number of anilines is 1. The van der Waals surface area contributed by atoms with Gasteiger partial charge in [-0.1, -0.05) is 15.9 Å². The van der Waals surface area contributed by atoms with Crippen LogP contribution < -0.4 is 14.4 Å². The first kappa shape index (κ1) is 21.6. The van der Waals surface area contributed by atoms with Crippen molar-refractivity contribution in [2.45, 2.75) is 19.4 Å². The molecule has 0 aliphatic carbocycles. The van der Waals surface area contributed by atoms with Crippen LogP contribution in [0.3, 0.4) is 0 Å². The molecular weight excluding hydrogens is 492 g/mol. The van der Waals surface area contributed by atoms with Crippen molar-refractivity contribution in [1.29, 1.82) is 0 Å². The van der Waals surface area contributed by atoms with Crippen LogP contribution in [0.25, 0.3) is 21.8 Å². The molecule has 0 unspecified atom stereocenters. The smallest absolute Gasteiger partial charge is 0.171 e. The standard InChI is InChI=1S/C27H27BrN4O2/c1-18-3-6-22-24(29-18)8-9-25-27(22)34-21(17-33-25)16-31-11-2-12-32(14-13-31)26-10-4-19-15-20(28)5-7-23(19)30-26/h3-10,15,21H,2,11-14,16-17H2,1H3/t21-/m0/s1. The van der Waals surface area contributed by atoms with Gasteiger partial charge in [0.15, 0.2) is 11.5 Å². The molecule has 0 spiro atoms. The number of benzene rings is 2. The molecular formula is C27H27BrN4O2. The second-order valence-electron chi connectivity index (χ2n) is 9.11. The highest BCUT2D eigenvalue weighted by molar-refractivity contribution is 9.10. The largest absolute Gasteiger partial charge is 0.486 e. The van der Waals surface area contributed by atoms with Gasteiger partial charge in [0.2, 0.25) is 0 Å². The number of pyridine rings is 2. The summed E-state index contributed by atoms with van der Waals surface area (Å²) >= 11 is 3.54. The van der Waals surface area contributed by atoms with Crippen LogP contribution in [0.2, 0.25) is 0 Å². The Morgan fingerprint density at radius 1 is 0.941 bits per heavy atom. The molecule has 2 aromatic carbocycles. The monoisotopic (exact) mass is 518 g/mol. The van der Waals surface area contributed by atoms with E-state index < -0.39 is 0 Å². The number of hydrogen-bond acceptors (Lipinski definition) is 6. The molecule has 4 heterocycles. The minimum Gasteiger partial charge on any atom is -0.486 e. The number of ether oxygens (including phenoxy) is 2. The molecule has 0 amide bonds. The minimum absolute atomic E-state index is 0.00296. The van der Waals surface area contributed by atoms with Gasteiger partial charge in [-0.3, -0.25) is 9.88 Å². The number of fused-ring (bicyclic) bond motifs is 4. The van der Waals surface area contributed by atoms with Gasteiger partial charge >= 0.3 is 0 Å². The second kappa shape index (κ2) is 9.04. The Balaban J connectivity index is 1.13. The molecule has 2 aliphatic rings. The van der Waals surface area contributed by atoms with Crippen molar-refractivity contribution in [2.24, 2.45) is 0 Å².